The first-order chi connectivity index (χ1) is 11.9. The summed E-state index contributed by atoms with van der Waals surface area (Å²) in [6.45, 7) is 1.66. The Labute approximate surface area is 146 Å². The lowest BCUT2D eigenvalue weighted by Gasteiger charge is -2.10. The van der Waals surface area contributed by atoms with Crippen LogP contribution in [0.2, 0.25) is 0 Å². The van der Waals surface area contributed by atoms with Gasteiger partial charge in [-0.3, -0.25) is 14.2 Å². The lowest BCUT2D eigenvalue weighted by Crippen LogP contribution is -2.25. The number of amides is 1. The van der Waals surface area contributed by atoms with Gasteiger partial charge in [-0.25, -0.2) is 9.37 Å². The van der Waals surface area contributed by atoms with Gasteiger partial charge in [0, 0.05) is 6.42 Å². The maximum absolute atomic E-state index is 14.0. The van der Waals surface area contributed by atoms with Crippen molar-refractivity contribution in [1.82, 2.24) is 9.55 Å². The molecule has 3 rings (SSSR count). The van der Waals surface area contributed by atoms with Gasteiger partial charge in [0.15, 0.2) is 0 Å². The van der Waals surface area contributed by atoms with E-state index in [0.717, 1.165) is 11.3 Å². The summed E-state index contributed by atoms with van der Waals surface area (Å²) >= 11 is 1.06. The van der Waals surface area contributed by atoms with Crippen molar-refractivity contribution in [3.05, 3.63) is 62.3 Å². The number of aromatic nitrogens is 2. The summed E-state index contributed by atoms with van der Waals surface area (Å²) in [5.41, 5.74) is 5.91. The zero-order valence-corrected chi connectivity index (χ0v) is 14.2. The largest absolute Gasteiger partial charge is 0.365 e. The van der Waals surface area contributed by atoms with Crippen molar-refractivity contribution in [2.75, 3.05) is 0 Å². The highest BCUT2D eigenvalue weighted by atomic mass is 32.1. The van der Waals surface area contributed by atoms with E-state index in [1.807, 2.05) is 0 Å². The predicted molar refractivity (Wildman–Crippen MR) is 95.2 cm³/mol. The van der Waals surface area contributed by atoms with E-state index in [2.05, 4.69) is 10.9 Å². The van der Waals surface area contributed by atoms with Gasteiger partial charge in [0.05, 0.1) is 16.8 Å². The summed E-state index contributed by atoms with van der Waals surface area (Å²) in [5, 5.41) is 0.325. The SMILES string of the molecule is C#CCn1c(Cc2ccccc2F)nc2sc(C(N)=O)c(C)c2c1=O. The molecule has 0 aliphatic carbocycles. The molecule has 1 aromatic carbocycles. The molecular formula is C18H14FN3O2S. The van der Waals surface area contributed by atoms with Crippen LogP contribution in [0.1, 0.15) is 26.6 Å². The number of aryl methyl sites for hydroxylation is 1. The van der Waals surface area contributed by atoms with Gasteiger partial charge in [-0.05, 0) is 24.1 Å². The molecule has 126 valence electrons. The van der Waals surface area contributed by atoms with Crippen molar-refractivity contribution in [2.45, 2.75) is 19.9 Å². The molecule has 0 aliphatic heterocycles. The van der Waals surface area contributed by atoms with E-state index in [-0.39, 0.29) is 29.2 Å². The fraction of sp³-hybridized carbons (Fsp3) is 0.167. The molecule has 0 bridgehead atoms. The van der Waals surface area contributed by atoms with Crippen molar-refractivity contribution in [3.8, 4) is 12.3 Å². The van der Waals surface area contributed by atoms with E-state index < -0.39 is 5.91 Å². The van der Waals surface area contributed by atoms with Crippen LogP contribution in [-0.2, 0) is 13.0 Å². The smallest absolute Gasteiger partial charge is 0.263 e. The summed E-state index contributed by atoms with van der Waals surface area (Å²) in [6.07, 6.45) is 5.49. The van der Waals surface area contributed by atoms with E-state index >= 15 is 0 Å². The van der Waals surface area contributed by atoms with Gasteiger partial charge in [-0.2, -0.15) is 0 Å². The van der Waals surface area contributed by atoms with Gasteiger partial charge >= 0.3 is 0 Å². The third kappa shape index (κ3) is 2.92. The summed E-state index contributed by atoms with van der Waals surface area (Å²) in [5.74, 6) is 1.77. The number of fused-ring (bicyclic) bond motifs is 1. The lowest BCUT2D eigenvalue weighted by molar-refractivity contribution is 0.100. The Morgan fingerprint density at radius 2 is 2.16 bits per heavy atom. The van der Waals surface area contributed by atoms with Crippen molar-refractivity contribution in [2.24, 2.45) is 5.73 Å². The molecule has 0 saturated heterocycles. The van der Waals surface area contributed by atoms with Gasteiger partial charge in [-0.1, -0.05) is 24.1 Å². The third-order valence-corrected chi connectivity index (χ3v) is 5.11. The van der Waals surface area contributed by atoms with Crippen molar-refractivity contribution < 1.29 is 9.18 Å². The number of nitrogens with zero attached hydrogens (tertiary/aromatic N) is 2. The first-order valence-corrected chi connectivity index (χ1v) is 8.25. The minimum absolute atomic E-state index is 0.00670. The topological polar surface area (TPSA) is 78.0 Å². The number of rotatable bonds is 4. The van der Waals surface area contributed by atoms with Gasteiger partial charge in [0.2, 0.25) is 0 Å². The van der Waals surface area contributed by atoms with E-state index in [9.17, 15) is 14.0 Å². The summed E-state index contributed by atoms with van der Waals surface area (Å²) < 4.78 is 15.3. The molecule has 0 aliphatic rings. The summed E-state index contributed by atoms with van der Waals surface area (Å²) in [6, 6.07) is 6.27. The molecule has 0 unspecified atom stereocenters. The Morgan fingerprint density at radius 1 is 1.44 bits per heavy atom. The number of carbonyl (C=O) groups excluding carboxylic acids is 1. The summed E-state index contributed by atoms with van der Waals surface area (Å²) in [4.78, 5) is 29.6. The second kappa shape index (κ2) is 6.49. The standard InChI is InChI=1S/C18H14FN3O2S/c1-3-8-22-13(9-11-6-4-5-7-12(11)19)21-17-14(18(22)24)10(2)15(25-17)16(20)23/h1,4-7H,8-9H2,2H3,(H2,20,23). The molecule has 0 fully saturated rings. The zero-order valence-electron chi connectivity index (χ0n) is 13.4. The predicted octanol–water partition coefficient (Wildman–Crippen LogP) is 2.23. The lowest BCUT2D eigenvalue weighted by atomic mass is 10.1. The Bertz CT molecular complexity index is 1090. The molecule has 2 heterocycles. The van der Waals surface area contributed by atoms with Crippen LogP contribution in [-0.4, -0.2) is 15.5 Å². The van der Waals surface area contributed by atoms with Crippen LogP contribution < -0.4 is 11.3 Å². The Hall–Kier alpha value is -2.98. The molecule has 0 radical (unpaired) electrons. The molecule has 0 atom stereocenters. The van der Waals surface area contributed by atoms with Crippen molar-refractivity contribution in [3.63, 3.8) is 0 Å². The Balaban J connectivity index is 2.26. The fourth-order valence-corrected chi connectivity index (χ4v) is 3.74. The van der Waals surface area contributed by atoms with Crippen LogP contribution in [0.5, 0.6) is 0 Å². The number of halogens is 1. The average molecular weight is 355 g/mol. The second-order valence-electron chi connectivity index (χ2n) is 5.49. The molecule has 7 heteroatoms. The van der Waals surface area contributed by atoms with Crippen LogP contribution in [0.15, 0.2) is 29.1 Å². The molecule has 2 N–H and O–H groups in total. The van der Waals surface area contributed by atoms with E-state index in [4.69, 9.17) is 12.2 Å². The normalized spacial score (nSPS) is 10.8. The van der Waals surface area contributed by atoms with Crippen LogP contribution in [0.4, 0.5) is 4.39 Å². The van der Waals surface area contributed by atoms with Crippen LogP contribution in [0.25, 0.3) is 10.2 Å². The summed E-state index contributed by atoms with van der Waals surface area (Å²) in [7, 11) is 0. The van der Waals surface area contributed by atoms with Gasteiger partial charge < -0.3 is 5.73 Å². The highest BCUT2D eigenvalue weighted by Crippen LogP contribution is 2.27. The van der Waals surface area contributed by atoms with E-state index in [0.29, 0.717) is 27.2 Å². The third-order valence-electron chi connectivity index (χ3n) is 3.91. The van der Waals surface area contributed by atoms with Gasteiger partial charge in [0.25, 0.3) is 11.5 Å². The molecule has 2 aromatic heterocycles. The van der Waals surface area contributed by atoms with E-state index in [1.165, 1.54) is 10.6 Å². The van der Waals surface area contributed by atoms with Crippen LogP contribution >= 0.6 is 11.3 Å². The highest BCUT2D eigenvalue weighted by molar-refractivity contribution is 7.20. The van der Waals surface area contributed by atoms with Crippen molar-refractivity contribution in [1.29, 1.82) is 0 Å². The van der Waals surface area contributed by atoms with Crippen LogP contribution in [0.3, 0.4) is 0 Å². The minimum atomic E-state index is -0.612. The molecule has 0 saturated carbocycles. The maximum Gasteiger partial charge on any atom is 0.263 e. The first-order valence-electron chi connectivity index (χ1n) is 7.43. The van der Waals surface area contributed by atoms with Crippen molar-refractivity contribution >= 4 is 27.5 Å². The fourth-order valence-electron chi connectivity index (χ4n) is 2.70. The highest BCUT2D eigenvalue weighted by Gasteiger charge is 2.20. The number of primary amides is 1. The molecule has 25 heavy (non-hydrogen) atoms. The number of hydrogen-bond acceptors (Lipinski definition) is 4. The number of thiophene rings is 1. The number of nitrogens with two attached hydrogens (primary N) is 1. The molecule has 1 amide bonds. The minimum Gasteiger partial charge on any atom is -0.365 e. The number of carbonyl (C=O) groups is 1. The first kappa shape index (κ1) is 16.9. The maximum atomic E-state index is 14.0. The molecule has 3 aromatic rings. The second-order valence-corrected chi connectivity index (χ2v) is 6.49. The molecule has 0 spiro atoms. The zero-order chi connectivity index (χ0) is 18.1. The van der Waals surface area contributed by atoms with E-state index in [1.54, 1.807) is 25.1 Å². The molecular weight excluding hydrogens is 341 g/mol. The molecule has 5 nitrogen and oxygen atoms in total. The van der Waals surface area contributed by atoms with Gasteiger partial charge in [0.1, 0.15) is 16.5 Å². The van der Waals surface area contributed by atoms with Crippen LogP contribution in [0, 0.1) is 25.1 Å². The Morgan fingerprint density at radius 3 is 2.80 bits per heavy atom. The number of terminal acetylenes is 1. The Kier molecular flexibility index (Phi) is 4.38. The monoisotopic (exact) mass is 355 g/mol. The number of benzene rings is 1. The average Bonchev–Trinajstić information content (AvgIpc) is 2.90. The van der Waals surface area contributed by atoms with Gasteiger partial charge in [-0.15, -0.1) is 17.8 Å². The number of hydrogen-bond donors (Lipinski definition) is 1. The quantitative estimate of drug-likeness (QED) is 0.729.